The van der Waals surface area contributed by atoms with Gasteiger partial charge in [0.25, 0.3) is 0 Å². The van der Waals surface area contributed by atoms with E-state index in [1.54, 1.807) is 0 Å². The zero-order chi connectivity index (χ0) is 14.9. The molecule has 2 amide bonds. The highest BCUT2D eigenvalue weighted by Crippen LogP contribution is 2.26. The molecule has 110 valence electrons. The molecule has 1 aromatic rings. The maximum absolute atomic E-state index is 12.1. The molecule has 0 bridgehead atoms. The Labute approximate surface area is 127 Å². The van der Waals surface area contributed by atoms with Gasteiger partial charge in [-0.05, 0) is 35.2 Å². The van der Waals surface area contributed by atoms with E-state index in [1.165, 1.54) is 4.90 Å². The van der Waals surface area contributed by atoms with Crippen LogP contribution in [-0.2, 0) is 29.1 Å². The summed E-state index contributed by atoms with van der Waals surface area (Å²) in [5, 5.41) is 4.50. The van der Waals surface area contributed by atoms with Crippen molar-refractivity contribution in [3.05, 3.63) is 15.9 Å². The maximum Gasteiger partial charge on any atom is 0.229 e. The Morgan fingerprint density at radius 2 is 1.85 bits per heavy atom. The van der Waals surface area contributed by atoms with Crippen LogP contribution in [0.25, 0.3) is 0 Å². The van der Waals surface area contributed by atoms with E-state index in [9.17, 15) is 9.59 Å². The summed E-state index contributed by atoms with van der Waals surface area (Å²) >= 11 is 3.55. The number of aromatic nitrogens is 2. The predicted octanol–water partition coefficient (Wildman–Crippen LogP) is 2.51. The van der Waals surface area contributed by atoms with Gasteiger partial charge in [-0.25, -0.2) is 0 Å². The van der Waals surface area contributed by atoms with Crippen molar-refractivity contribution < 1.29 is 9.59 Å². The lowest BCUT2D eigenvalue weighted by atomic mass is 9.97. The Morgan fingerprint density at radius 3 is 2.35 bits per heavy atom. The number of hydrogen-bond donors (Lipinski definition) is 0. The number of carbonyl (C=O) groups is 2. The van der Waals surface area contributed by atoms with E-state index in [-0.39, 0.29) is 17.7 Å². The number of nitrogens with zero attached hydrogens (tertiary/aromatic N) is 3. The smallest absolute Gasteiger partial charge is 0.229 e. The molecule has 0 spiro atoms. The van der Waals surface area contributed by atoms with Crippen molar-refractivity contribution in [2.45, 2.75) is 53.1 Å². The van der Waals surface area contributed by atoms with E-state index in [0.29, 0.717) is 19.4 Å². The summed E-state index contributed by atoms with van der Waals surface area (Å²) in [5.41, 5.74) is 1.87. The van der Waals surface area contributed by atoms with Crippen LogP contribution < -0.4 is 0 Å². The molecule has 1 fully saturated rings. The minimum atomic E-state index is -0.0810. The lowest BCUT2D eigenvalue weighted by Crippen LogP contribution is -2.42. The van der Waals surface area contributed by atoms with Gasteiger partial charge < -0.3 is 0 Å². The van der Waals surface area contributed by atoms with Crippen molar-refractivity contribution in [2.75, 3.05) is 0 Å². The summed E-state index contributed by atoms with van der Waals surface area (Å²) in [6.45, 7) is 7.01. The highest BCUT2D eigenvalue weighted by molar-refractivity contribution is 9.10. The summed E-state index contributed by atoms with van der Waals surface area (Å²) in [6, 6.07) is 0. The van der Waals surface area contributed by atoms with Gasteiger partial charge in [0.1, 0.15) is 0 Å². The molecule has 0 unspecified atom stereocenters. The van der Waals surface area contributed by atoms with Crippen LogP contribution in [0.1, 0.15) is 45.0 Å². The van der Waals surface area contributed by atoms with Crippen LogP contribution in [-0.4, -0.2) is 26.5 Å². The van der Waals surface area contributed by atoms with Gasteiger partial charge in [0.15, 0.2) is 0 Å². The van der Waals surface area contributed by atoms with Gasteiger partial charge in [0, 0.05) is 19.4 Å². The lowest BCUT2D eigenvalue weighted by molar-refractivity contribution is -0.150. The van der Waals surface area contributed by atoms with E-state index in [4.69, 9.17) is 0 Å². The number of piperidine rings is 1. The summed E-state index contributed by atoms with van der Waals surface area (Å²) in [6.07, 6.45) is 1.72. The van der Waals surface area contributed by atoms with Gasteiger partial charge in [-0.15, -0.1) is 0 Å². The Hall–Kier alpha value is -1.17. The molecule has 0 aromatic carbocycles. The molecule has 1 aromatic heterocycles. The van der Waals surface area contributed by atoms with Gasteiger partial charge in [-0.2, -0.15) is 5.10 Å². The minimum Gasteiger partial charge on any atom is -0.277 e. The number of carbonyl (C=O) groups excluding carboxylic acids is 2. The third-order valence-electron chi connectivity index (χ3n) is 3.65. The van der Waals surface area contributed by atoms with E-state index in [1.807, 2.05) is 25.5 Å². The van der Waals surface area contributed by atoms with Gasteiger partial charge in [-0.1, -0.05) is 13.8 Å². The number of aryl methyl sites for hydroxylation is 2. The van der Waals surface area contributed by atoms with Gasteiger partial charge >= 0.3 is 0 Å². The standard InChI is InChI=1S/C14H20BrN3O2/c1-4-10-14(15)11(18(5-2)16-10)8-17-12(19)6-9(3)7-13(17)20/h9H,4-8H2,1-3H3. The first-order valence-electron chi connectivity index (χ1n) is 7.05. The van der Waals surface area contributed by atoms with Gasteiger partial charge in [0.2, 0.25) is 11.8 Å². The SMILES string of the molecule is CCc1nn(CC)c(CN2C(=O)CC(C)CC2=O)c1Br. The van der Waals surface area contributed by atoms with E-state index < -0.39 is 0 Å². The molecular weight excluding hydrogens is 322 g/mol. The first-order valence-corrected chi connectivity index (χ1v) is 7.84. The molecule has 1 aliphatic rings. The first-order chi connectivity index (χ1) is 9.47. The van der Waals surface area contributed by atoms with Crippen LogP contribution in [0.3, 0.4) is 0 Å². The Bertz CT molecular complexity index is 521. The molecule has 1 aliphatic heterocycles. The monoisotopic (exact) mass is 341 g/mol. The second-order valence-electron chi connectivity index (χ2n) is 5.26. The van der Waals surface area contributed by atoms with Crippen LogP contribution in [0.15, 0.2) is 4.47 Å². The summed E-state index contributed by atoms with van der Waals surface area (Å²) in [4.78, 5) is 25.5. The zero-order valence-corrected chi connectivity index (χ0v) is 13.7. The molecule has 0 N–H and O–H groups in total. The molecule has 0 saturated carbocycles. The molecule has 6 heteroatoms. The van der Waals surface area contributed by atoms with Crippen molar-refractivity contribution in [2.24, 2.45) is 5.92 Å². The highest BCUT2D eigenvalue weighted by atomic mass is 79.9. The molecule has 0 aliphatic carbocycles. The van der Waals surface area contributed by atoms with Crippen molar-refractivity contribution in [3.8, 4) is 0 Å². The first kappa shape index (κ1) is 15.2. The summed E-state index contributed by atoms with van der Waals surface area (Å²) < 4.78 is 2.78. The fraction of sp³-hybridized carbons (Fsp3) is 0.643. The molecule has 0 atom stereocenters. The number of amides is 2. The van der Waals surface area contributed by atoms with Crippen LogP contribution >= 0.6 is 15.9 Å². The highest BCUT2D eigenvalue weighted by Gasteiger charge is 2.31. The average molecular weight is 342 g/mol. The van der Waals surface area contributed by atoms with Crippen LogP contribution in [0.4, 0.5) is 0 Å². The fourth-order valence-corrected chi connectivity index (χ4v) is 3.21. The van der Waals surface area contributed by atoms with Crippen LogP contribution in [0.5, 0.6) is 0 Å². The number of rotatable bonds is 4. The molecule has 5 nitrogen and oxygen atoms in total. The Kier molecular flexibility index (Phi) is 4.62. The van der Waals surface area contributed by atoms with Crippen LogP contribution in [0.2, 0.25) is 0 Å². The Balaban J connectivity index is 2.27. The minimum absolute atomic E-state index is 0.0810. The molecule has 2 heterocycles. The van der Waals surface area contributed by atoms with Crippen molar-refractivity contribution >= 4 is 27.7 Å². The normalized spacial score (nSPS) is 17.1. The number of hydrogen-bond acceptors (Lipinski definition) is 3. The molecule has 1 saturated heterocycles. The van der Waals surface area contributed by atoms with Crippen molar-refractivity contribution in [3.63, 3.8) is 0 Å². The van der Waals surface area contributed by atoms with Crippen molar-refractivity contribution in [1.82, 2.24) is 14.7 Å². The predicted molar refractivity (Wildman–Crippen MR) is 78.9 cm³/mol. The molecular formula is C14H20BrN3O2. The number of likely N-dealkylation sites (tertiary alicyclic amines) is 1. The third kappa shape index (κ3) is 2.80. The fourth-order valence-electron chi connectivity index (χ4n) is 2.52. The molecule has 0 radical (unpaired) electrons. The second-order valence-corrected chi connectivity index (χ2v) is 6.06. The maximum atomic E-state index is 12.1. The second kappa shape index (κ2) is 6.08. The third-order valence-corrected chi connectivity index (χ3v) is 4.57. The largest absolute Gasteiger partial charge is 0.277 e. The summed E-state index contributed by atoms with van der Waals surface area (Å²) in [5.74, 6) is -0.0120. The van der Waals surface area contributed by atoms with E-state index in [2.05, 4.69) is 21.0 Å². The molecule has 2 rings (SSSR count). The zero-order valence-electron chi connectivity index (χ0n) is 12.1. The van der Waals surface area contributed by atoms with Gasteiger partial charge in [0.05, 0.1) is 22.4 Å². The van der Waals surface area contributed by atoms with Crippen molar-refractivity contribution in [1.29, 1.82) is 0 Å². The number of imide groups is 1. The number of halogens is 1. The van der Waals surface area contributed by atoms with E-state index in [0.717, 1.165) is 28.8 Å². The topological polar surface area (TPSA) is 55.2 Å². The van der Waals surface area contributed by atoms with Crippen LogP contribution in [0, 0.1) is 5.92 Å². The Morgan fingerprint density at radius 1 is 1.25 bits per heavy atom. The van der Waals surface area contributed by atoms with E-state index >= 15 is 0 Å². The molecule has 20 heavy (non-hydrogen) atoms. The quantitative estimate of drug-likeness (QED) is 0.790. The lowest BCUT2D eigenvalue weighted by Gasteiger charge is -2.28. The summed E-state index contributed by atoms with van der Waals surface area (Å²) in [7, 11) is 0. The average Bonchev–Trinajstić information content (AvgIpc) is 2.70. The van der Waals surface area contributed by atoms with Gasteiger partial charge in [-0.3, -0.25) is 19.2 Å².